The van der Waals surface area contributed by atoms with Crippen molar-refractivity contribution in [2.75, 3.05) is 31.5 Å². The van der Waals surface area contributed by atoms with Gasteiger partial charge in [-0.1, -0.05) is 12.5 Å². The van der Waals surface area contributed by atoms with Crippen molar-refractivity contribution in [3.8, 4) is 0 Å². The van der Waals surface area contributed by atoms with Crippen LogP contribution in [0.5, 0.6) is 0 Å². The third-order valence-corrected chi connectivity index (χ3v) is 4.73. The Kier molecular flexibility index (Phi) is 5.86. The molecule has 1 heterocycles. The van der Waals surface area contributed by atoms with Gasteiger partial charge in [-0.15, -0.1) is 0 Å². The number of anilines is 1. The Labute approximate surface area is 143 Å². The molecule has 130 valence electrons. The maximum Gasteiger partial charge on any atom is 0.251 e. The van der Waals surface area contributed by atoms with Crippen LogP contribution < -0.4 is 10.6 Å². The van der Waals surface area contributed by atoms with E-state index in [2.05, 4.69) is 15.5 Å². The zero-order chi connectivity index (χ0) is 16.8. The van der Waals surface area contributed by atoms with Gasteiger partial charge in [-0.25, -0.2) is 0 Å². The molecule has 5 heteroatoms. The summed E-state index contributed by atoms with van der Waals surface area (Å²) in [5, 5.41) is 5.86. The number of nitrogens with zero attached hydrogens (tertiary/aromatic N) is 1. The van der Waals surface area contributed by atoms with Crippen molar-refractivity contribution in [2.24, 2.45) is 5.92 Å². The number of likely N-dealkylation sites (tertiary alicyclic amines) is 1. The first-order chi connectivity index (χ1) is 11.7. The van der Waals surface area contributed by atoms with Crippen molar-refractivity contribution >= 4 is 17.5 Å². The van der Waals surface area contributed by atoms with E-state index in [-0.39, 0.29) is 17.7 Å². The minimum atomic E-state index is -0.0730. The predicted molar refractivity (Wildman–Crippen MR) is 95.0 cm³/mol. The number of carbonyl (C=O) groups excluding carboxylic acids is 2. The number of benzene rings is 1. The fraction of sp³-hybridized carbons (Fsp3) is 0.579. The number of rotatable bonds is 7. The van der Waals surface area contributed by atoms with E-state index < -0.39 is 0 Å². The summed E-state index contributed by atoms with van der Waals surface area (Å²) in [6.45, 7) is 4.12. The summed E-state index contributed by atoms with van der Waals surface area (Å²) < 4.78 is 0. The zero-order valence-corrected chi connectivity index (χ0v) is 14.2. The van der Waals surface area contributed by atoms with Crippen LogP contribution in [0, 0.1) is 5.92 Å². The molecular formula is C19H27N3O2. The van der Waals surface area contributed by atoms with E-state index in [0.717, 1.165) is 25.8 Å². The highest BCUT2D eigenvalue weighted by atomic mass is 16.2. The summed E-state index contributed by atoms with van der Waals surface area (Å²) >= 11 is 0. The van der Waals surface area contributed by atoms with Gasteiger partial charge >= 0.3 is 0 Å². The molecule has 5 nitrogen and oxygen atoms in total. The van der Waals surface area contributed by atoms with Gasteiger partial charge in [-0.2, -0.15) is 0 Å². The summed E-state index contributed by atoms with van der Waals surface area (Å²) in [4.78, 5) is 26.5. The van der Waals surface area contributed by atoms with Crippen LogP contribution in [0.2, 0.25) is 0 Å². The molecule has 1 aromatic rings. The molecular weight excluding hydrogens is 302 g/mol. The molecule has 0 unspecified atom stereocenters. The first-order valence-corrected chi connectivity index (χ1v) is 9.14. The molecule has 1 aliphatic carbocycles. The van der Waals surface area contributed by atoms with Crippen LogP contribution in [0.15, 0.2) is 24.3 Å². The highest BCUT2D eigenvalue weighted by Crippen LogP contribution is 2.30. The largest absolute Gasteiger partial charge is 0.352 e. The van der Waals surface area contributed by atoms with Crippen molar-refractivity contribution in [2.45, 2.75) is 38.5 Å². The first-order valence-electron chi connectivity index (χ1n) is 9.14. The van der Waals surface area contributed by atoms with Crippen molar-refractivity contribution in [3.63, 3.8) is 0 Å². The molecule has 1 aliphatic heterocycles. The van der Waals surface area contributed by atoms with E-state index >= 15 is 0 Å². The lowest BCUT2D eigenvalue weighted by molar-refractivity contribution is -0.117. The molecule has 0 radical (unpaired) electrons. The number of piperidine rings is 1. The van der Waals surface area contributed by atoms with Crippen LogP contribution in [-0.2, 0) is 4.79 Å². The van der Waals surface area contributed by atoms with E-state index in [1.807, 2.05) is 12.1 Å². The molecule has 1 saturated carbocycles. The van der Waals surface area contributed by atoms with Crippen LogP contribution in [0.4, 0.5) is 5.69 Å². The Morgan fingerprint density at radius 2 is 1.92 bits per heavy atom. The standard InChI is InChI=1S/C19H27N3O2/c23-18(20-10-5-13-22-11-2-1-3-12-22)16-6-4-7-17(14-16)21-19(24)15-8-9-15/h4,6-7,14-15H,1-3,5,8-13H2,(H,20,23)(H,21,24). The fourth-order valence-corrected chi connectivity index (χ4v) is 3.12. The van der Waals surface area contributed by atoms with E-state index in [0.29, 0.717) is 17.8 Å². The lowest BCUT2D eigenvalue weighted by atomic mass is 10.1. The average Bonchev–Trinajstić information content (AvgIpc) is 3.45. The maximum absolute atomic E-state index is 12.2. The first kappa shape index (κ1) is 17.0. The van der Waals surface area contributed by atoms with Gasteiger partial charge in [0.25, 0.3) is 5.91 Å². The molecule has 2 aliphatic rings. The van der Waals surface area contributed by atoms with Crippen molar-refractivity contribution in [1.29, 1.82) is 0 Å². The SMILES string of the molecule is O=C(NCCCN1CCCCC1)c1cccc(NC(=O)C2CC2)c1. The molecule has 0 aromatic heterocycles. The Morgan fingerprint density at radius 3 is 2.67 bits per heavy atom. The number of hydrogen-bond donors (Lipinski definition) is 2. The molecule has 0 bridgehead atoms. The fourth-order valence-electron chi connectivity index (χ4n) is 3.12. The van der Waals surface area contributed by atoms with Crippen LogP contribution >= 0.6 is 0 Å². The average molecular weight is 329 g/mol. The Balaban J connectivity index is 1.41. The summed E-state index contributed by atoms with van der Waals surface area (Å²) in [6.07, 6.45) is 6.87. The highest BCUT2D eigenvalue weighted by molar-refractivity contribution is 5.98. The maximum atomic E-state index is 12.2. The molecule has 0 spiro atoms. The summed E-state index contributed by atoms with van der Waals surface area (Å²) in [6, 6.07) is 7.17. The van der Waals surface area contributed by atoms with Crippen molar-refractivity contribution in [1.82, 2.24) is 10.2 Å². The third kappa shape index (κ3) is 5.06. The van der Waals surface area contributed by atoms with Gasteiger partial charge in [0.1, 0.15) is 0 Å². The van der Waals surface area contributed by atoms with Crippen molar-refractivity contribution in [3.05, 3.63) is 29.8 Å². The van der Waals surface area contributed by atoms with Crippen LogP contribution in [0.25, 0.3) is 0 Å². The Morgan fingerprint density at radius 1 is 1.12 bits per heavy atom. The predicted octanol–water partition coefficient (Wildman–Crippen LogP) is 2.64. The van der Waals surface area contributed by atoms with Gasteiger partial charge in [0.05, 0.1) is 0 Å². The molecule has 2 amide bonds. The van der Waals surface area contributed by atoms with E-state index in [1.54, 1.807) is 12.1 Å². The lowest BCUT2D eigenvalue weighted by Gasteiger charge is -2.26. The second-order valence-electron chi connectivity index (χ2n) is 6.86. The van der Waals surface area contributed by atoms with Gasteiger partial charge in [0.15, 0.2) is 0 Å². The summed E-state index contributed by atoms with van der Waals surface area (Å²) in [7, 11) is 0. The van der Waals surface area contributed by atoms with Gasteiger partial charge < -0.3 is 15.5 Å². The Bertz CT molecular complexity index is 578. The molecule has 2 N–H and O–H groups in total. The second kappa shape index (κ2) is 8.29. The van der Waals surface area contributed by atoms with E-state index in [9.17, 15) is 9.59 Å². The smallest absolute Gasteiger partial charge is 0.251 e. The zero-order valence-electron chi connectivity index (χ0n) is 14.2. The van der Waals surface area contributed by atoms with Crippen LogP contribution in [-0.4, -0.2) is 42.9 Å². The Hall–Kier alpha value is -1.88. The summed E-state index contributed by atoms with van der Waals surface area (Å²) in [5.41, 5.74) is 1.30. The van der Waals surface area contributed by atoms with Gasteiger partial charge in [-0.05, 0) is 69.9 Å². The normalized spacial score (nSPS) is 18.2. The highest BCUT2D eigenvalue weighted by Gasteiger charge is 2.29. The monoisotopic (exact) mass is 329 g/mol. The minimum absolute atomic E-state index is 0.0640. The molecule has 1 saturated heterocycles. The third-order valence-electron chi connectivity index (χ3n) is 4.73. The van der Waals surface area contributed by atoms with Crippen molar-refractivity contribution < 1.29 is 9.59 Å². The number of hydrogen-bond acceptors (Lipinski definition) is 3. The molecule has 2 fully saturated rings. The summed E-state index contributed by atoms with van der Waals surface area (Å²) in [5.74, 6) is 0.155. The van der Waals surface area contributed by atoms with E-state index in [1.165, 1.54) is 32.4 Å². The van der Waals surface area contributed by atoms with Gasteiger partial charge in [-0.3, -0.25) is 9.59 Å². The van der Waals surface area contributed by atoms with Crippen LogP contribution in [0.1, 0.15) is 48.9 Å². The molecule has 24 heavy (non-hydrogen) atoms. The van der Waals surface area contributed by atoms with E-state index in [4.69, 9.17) is 0 Å². The number of amides is 2. The van der Waals surface area contributed by atoms with Crippen LogP contribution in [0.3, 0.4) is 0 Å². The van der Waals surface area contributed by atoms with Gasteiger partial charge in [0.2, 0.25) is 5.91 Å². The molecule has 3 rings (SSSR count). The lowest BCUT2D eigenvalue weighted by Crippen LogP contribution is -2.33. The minimum Gasteiger partial charge on any atom is -0.352 e. The topological polar surface area (TPSA) is 61.4 Å². The molecule has 0 atom stereocenters. The molecule has 1 aromatic carbocycles. The number of nitrogens with one attached hydrogen (secondary N) is 2. The number of carbonyl (C=O) groups is 2. The quantitative estimate of drug-likeness (QED) is 0.756. The second-order valence-corrected chi connectivity index (χ2v) is 6.86. The van der Waals surface area contributed by atoms with Gasteiger partial charge in [0, 0.05) is 23.7 Å².